The van der Waals surface area contributed by atoms with E-state index in [1.54, 1.807) is 37.3 Å². The second-order valence-electron chi connectivity index (χ2n) is 5.49. The Hall–Kier alpha value is -2.01. The molecule has 0 saturated heterocycles. The molecule has 5 nitrogen and oxygen atoms in total. The van der Waals surface area contributed by atoms with Gasteiger partial charge >= 0.3 is 5.97 Å². The SMILES string of the molecule is CCOC(=O)CC=CC=CC=C1C(=O)C[C@H](O)[C@H]1CCC(C)=O. The first-order valence-corrected chi connectivity index (χ1v) is 7.85. The number of carbonyl (C=O) groups excluding carboxylic acids is 3. The van der Waals surface area contributed by atoms with Gasteiger partial charge in [0.25, 0.3) is 0 Å². The summed E-state index contributed by atoms with van der Waals surface area (Å²) in [6.07, 6.45) is 8.92. The second kappa shape index (κ2) is 9.90. The summed E-state index contributed by atoms with van der Waals surface area (Å²) in [6, 6.07) is 0. The number of rotatable bonds is 8. The molecule has 1 aliphatic rings. The van der Waals surface area contributed by atoms with Crippen LogP contribution in [0.3, 0.4) is 0 Å². The first-order chi connectivity index (χ1) is 11.0. The Morgan fingerprint density at radius 3 is 2.70 bits per heavy atom. The molecule has 0 heterocycles. The maximum atomic E-state index is 11.9. The van der Waals surface area contributed by atoms with E-state index in [0.29, 0.717) is 25.0 Å². The minimum Gasteiger partial charge on any atom is -0.466 e. The summed E-state index contributed by atoms with van der Waals surface area (Å²) in [5.41, 5.74) is 0.564. The molecule has 0 aliphatic heterocycles. The van der Waals surface area contributed by atoms with E-state index in [1.807, 2.05) is 0 Å². The van der Waals surface area contributed by atoms with Gasteiger partial charge in [0.1, 0.15) is 5.78 Å². The third-order valence-electron chi connectivity index (χ3n) is 3.61. The minimum atomic E-state index is -0.708. The number of esters is 1. The number of Topliss-reactive ketones (excluding diaryl/α,β-unsaturated/α-hetero) is 2. The third kappa shape index (κ3) is 6.74. The molecule has 1 saturated carbocycles. The Morgan fingerprint density at radius 1 is 1.30 bits per heavy atom. The molecule has 1 aliphatic carbocycles. The van der Waals surface area contributed by atoms with E-state index < -0.39 is 6.10 Å². The van der Waals surface area contributed by atoms with Gasteiger partial charge in [-0.2, -0.15) is 0 Å². The van der Waals surface area contributed by atoms with Gasteiger partial charge < -0.3 is 14.6 Å². The van der Waals surface area contributed by atoms with Gasteiger partial charge in [0.2, 0.25) is 0 Å². The second-order valence-corrected chi connectivity index (χ2v) is 5.49. The largest absolute Gasteiger partial charge is 0.466 e. The normalized spacial score (nSPS) is 23.3. The standard InChI is InChI=1S/C18H24O5/c1-3-23-18(22)9-7-5-4-6-8-14-15(11-10-13(2)19)17(21)12-16(14)20/h4-8,15,17,21H,3,9-12H2,1-2H3/t15-,17-/m0/s1. The molecule has 0 unspecified atom stereocenters. The Kier molecular flexibility index (Phi) is 8.19. The van der Waals surface area contributed by atoms with E-state index in [-0.39, 0.29) is 36.3 Å². The number of ketones is 2. The molecule has 1 N–H and O–H groups in total. The predicted molar refractivity (Wildman–Crippen MR) is 86.6 cm³/mol. The molecule has 1 fully saturated rings. The quantitative estimate of drug-likeness (QED) is 0.422. The number of aliphatic hydroxyl groups is 1. The molecule has 0 radical (unpaired) electrons. The van der Waals surface area contributed by atoms with Crippen LogP contribution in [0.2, 0.25) is 0 Å². The van der Waals surface area contributed by atoms with Crippen molar-refractivity contribution >= 4 is 17.5 Å². The van der Waals surface area contributed by atoms with Gasteiger partial charge in [-0.15, -0.1) is 0 Å². The molecule has 0 amide bonds. The molecular weight excluding hydrogens is 296 g/mol. The van der Waals surface area contributed by atoms with E-state index in [2.05, 4.69) is 0 Å². The Balaban J connectivity index is 2.59. The molecule has 5 heteroatoms. The van der Waals surface area contributed by atoms with Crippen LogP contribution in [0.15, 0.2) is 36.0 Å². The lowest BCUT2D eigenvalue weighted by molar-refractivity contribution is -0.142. The first-order valence-electron chi connectivity index (χ1n) is 7.85. The fourth-order valence-electron chi connectivity index (χ4n) is 2.47. The molecule has 1 rings (SSSR count). The van der Waals surface area contributed by atoms with Crippen LogP contribution in [0.1, 0.15) is 39.5 Å². The molecule has 0 aromatic rings. The van der Waals surface area contributed by atoms with Crippen molar-refractivity contribution < 1.29 is 24.2 Å². The number of allylic oxidation sites excluding steroid dienone is 4. The van der Waals surface area contributed by atoms with Crippen LogP contribution >= 0.6 is 0 Å². The fraction of sp³-hybridized carbons (Fsp3) is 0.500. The lowest BCUT2D eigenvalue weighted by atomic mass is 9.94. The Morgan fingerprint density at radius 2 is 2.04 bits per heavy atom. The highest BCUT2D eigenvalue weighted by Crippen LogP contribution is 2.32. The highest BCUT2D eigenvalue weighted by atomic mass is 16.5. The van der Waals surface area contributed by atoms with Crippen LogP contribution in [0.25, 0.3) is 0 Å². The smallest absolute Gasteiger partial charge is 0.309 e. The van der Waals surface area contributed by atoms with Gasteiger partial charge in [-0.05, 0) is 20.3 Å². The molecule has 23 heavy (non-hydrogen) atoms. The van der Waals surface area contributed by atoms with Crippen molar-refractivity contribution in [1.29, 1.82) is 0 Å². The van der Waals surface area contributed by atoms with Crippen LogP contribution < -0.4 is 0 Å². The van der Waals surface area contributed by atoms with Crippen molar-refractivity contribution in [2.75, 3.05) is 6.61 Å². The number of hydrogen-bond donors (Lipinski definition) is 1. The average Bonchev–Trinajstić information content (AvgIpc) is 2.74. The van der Waals surface area contributed by atoms with Crippen molar-refractivity contribution in [1.82, 2.24) is 0 Å². The topological polar surface area (TPSA) is 80.7 Å². The number of ether oxygens (including phenoxy) is 1. The van der Waals surface area contributed by atoms with E-state index in [9.17, 15) is 19.5 Å². The lowest BCUT2D eigenvalue weighted by Gasteiger charge is -2.13. The van der Waals surface area contributed by atoms with Crippen molar-refractivity contribution in [2.45, 2.75) is 45.6 Å². The number of hydrogen-bond acceptors (Lipinski definition) is 5. The average molecular weight is 320 g/mol. The zero-order valence-electron chi connectivity index (χ0n) is 13.7. The van der Waals surface area contributed by atoms with Gasteiger partial charge in [-0.1, -0.05) is 30.4 Å². The summed E-state index contributed by atoms with van der Waals surface area (Å²) in [6.45, 7) is 3.62. The summed E-state index contributed by atoms with van der Waals surface area (Å²) >= 11 is 0. The fourth-order valence-corrected chi connectivity index (χ4v) is 2.47. The summed E-state index contributed by atoms with van der Waals surface area (Å²) in [5, 5.41) is 9.93. The van der Waals surface area contributed by atoms with Crippen LogP contribution in [0.5, 0.6) is 0 Å². The van der Waals surface area contributed by atoms with E-state index in [0.717, 1.165) is 0 Å². The minimum absolute atomic E-state index is 0.0494. The van der Waals surface area contributed by atoms with Gasteiger partial charge in [-0.3, -0.25) is 9.59 Å². The number of carbonyl (C=O) groups is 3. The number of aliphatic hydroxyl groups excluding tert-OH is 1. The van der Waals surface area contributed by atoms with E-state index >= 15 is 0 Å². The molecule has 0 spiro atoms. The Bertz CT molecular complexity index is 528. The zero-order chi connectivity index (χ0) is 17.2. The summed E-state index contributed by atoms with van der Waals surface area (Å²) < 4.78 is 4.79. The van der Waals surface area contributed by atoms with Crippen LogP contribution in [-0.2, 0) is 19.1 Å². The summed E-state index contributed by atoms with van der Waals surface area (Å²) in [5.74, 6) is -0.590. The van der Waals surface area contributed by atoms with Crippen LogP contribution in [0.4, 0.5) is 0 Å². The van der Waals surface area contributed by atoms with Crippen LogP contribution in [0, 0.1) is 5.92 Å². The maximum Gasteiger partial charge on any atom is 0.309 e. The highest BCUT2D eigenvalue weighted by Gasteiger charge is 2.35. The van der Waals surface area contributed by atoms with Crippen molar-refractivity contribution in [2.24, 2.45) is 5.92 Å². The van der Waals surface area contributed by atoms with Crippen molar-refractivity contribution in [3.8, 4) is 0 Å². The first kappa shape index (κ1) is 19.0. The summed E-state index contributed by atoms with van der Waals surface area (Å²) in [4.78, 5) is 34.1. The molecule has 0 bridgehead atoms. The van der Waals surface area contributed by atoms with E-state index in [1.165, 1.54) is 6.92 Å². The van der Waals surface area contributed by atoms with Gasteiger partial charge in [-0.25, -0.2) is 0 Å². The van der Waals surface area contributed by atoms with Crippen molar-refractivity contribution in [3.05, 3.63) is 36.0 Å². The van der Waals surface area contributed by atoms with Gasteiger partial charge in [0.15, 0.2) is 5.78 Å². The van der Waals surface area contributed by atoms with Gasteiger partial charge in [0, 0.05) is 24.3 Å². The molecule has 2 atom stereocenters. The zero-order valence-corrected chi connectivity index (χ0v) is 13.7. The van der Waals surface area contributed by atoms with Crippen molar-refractivity contribution in [3.63, 3.8) is 0 Å². The molecular formula is C18H24O5. The monoisotopic (exact) mass is 320 g/mol. The third-order valence-corrected chi connectivity index (χ3v) is 3.61. The highest BCUT2D eigenvalue weighted by molar-refractivity contribution is 5.99. The maximum absolute atomic E-state index is 11.9. The molecule has 0 aromatic heterocycles. The Labute approximate surface area is 136 Å². The summed E-state index contributed by atoms with van der Waals surface area (Å²) in [7, 11) is 0. The van der Waals surface area contributed by atoms with Crippen LogP contribution in [-0.4, -0.2) is 35.4 Å². The van der Waals surface area contributed by atoms with Gasteiger partial charge in [0.05, 0.1) is 19.1 Å². The molecule has 126 valence electrons. The lowest BCUT2D eigenvalue weighted by Crippen LogP contribution is -2.15. The molecule has 0 aromatic carbocycles. The predicted octanol–water partition coefficient (Wildman–Crippen LogP) is 2.30. The van der Waals surface area contributed by atoms with E-state index in [4.69, 9.17) is 4.74 Å².